The highest BCUT2D eigenvalue weighted by atomic mass is 32.2. The van der Waals surface area contributed by atoms with Crippen molar-refractivity contribution in [1.82, 2.24) is 9.78 Å². The van der Waals surface area contributed by atoms with Gasteiger partial charge < -0.3 is 10.6 Å². The minimum absolute atomic E-state index is 0.0278. The standard InChI is InChI=1S/C16H14N6O4S3/c23-21(24)13-5-1-11(2-6-13)17-9-20-16(27)29-15(19-20)28-10-18-12-3-7-14(8-4-12)22(25)26/h1-8,17-18H,9-10H2. The Hall–Kier alpha value is -3.03. The maximum absolute atomic E-state index is 10.7. The number of nitrogens with zero attached hydrogens (tertiary/aromatic N) is 4. The third-order valence-corrected chi connectivity index (χ3v) is 5.97. The van der Waals surface area contributed by atoms with E-state index in [2.05, 4.69) is 15.7 Å². The minimum atomic E-state index is -0.450. The van der Waals surface area contributed by atoms with Crippen molar-refractivity contribution in [2.75, 3.05) is 16.5 Å². The van der Waals surface area contributed by atoms with Crippen molar-refractivity contribution in [3.8, 4) is 0 Å². The van der Waals surface area contributed by atoms with Gasteiger partial charge in [-0.1, -0.05) is 23.1 Å². The molecule has 3 rings (SSSR count). The van der Waals surface area contributed by atoms with Crippen molar-refractivity contribution < 1.29 is 9.85 Å². The Morgan fingerprint density at radius 1 is 0.966 bits per heavy atom. The summed E-state index contributed by atoms with van der Waals surface area (Å²) in [5.41, 5.74) is 1.56. The largest absolute Gasteiger partial charge is 0.376 e. The summed E-state index contributed by atoms with van der Waals surface area (Å²) in [6.07, 6.45) is 0. The highest BCUT2D eigenvalue weighted by Crippen LogP contribution is 2.23. The molecule has 0 bridgehead atoms. The van der Waals surface area contributed by atoms with Gasteiger partial charge >= 0.3 is 0 Å². The monoisotopic (exact) mass is 450 g/mol. The molecule has 150 valence electrons. The van der Waals surface area contributed by atoms with Crippen molar-refractivity contribution in [3.05, 3.63) is 72.7 Å². The summed E-state index contributed by atoms with van der Waals surface area (Å²) in [6.45, 7) is 0.337. The fraction of sp³-hybridized carbons (Fsp3) is 0.125. The highest BCUT2D eigenvalue weighted by Gasteiger charge is 2.07. The van der Waals surface area contributed by atoms with E-state index in [0.29, 0.717) is 16.5 Å². The lowest BCUT2D eigenvalue weighted by atomic mass is 10.3. The van der Waals surface area contributed by atoms with E-state index in [0.717, 1.165) is 15.7 Å². The summed E-state index contributed by atoms with van der Waals surface area (Å²) in [6, 6.07) is 12.3. The lowest BCUT2D eigenvalue weighted by Gasteiger charge is -2.06. The molecule has 10 nitrogen and oxygen atoms in total. The molecule has 0 saturated carbocycles. The van der Waals surface area contributed by atoms with Crippen molar-refractivity contribution >= 4 is 58.1 Å². The first-order chi connectivity index (χ1) is 13.9. The number of aromatic nitrogens is 2. The average Bonchev–Trinajstić information content (AvgIpc) is 3.06. The third kappa shape index (κ3) is 5.73. The third-order valence-electron chi connectivity index (χ3n) is 3.65. The second kappa shape index (κ2) is 9.45. The van der Waals surface area contributed by atoms with Gasteiger partial charge in [0.1, 0.15) is 6.67 Å². The van der Waals surface area contributed by atoms with E-state index in [9.17, 15) is 20.2 Å². The SMILES string of the molecule is O=[N+]([O-])c1ccc(NCSc2nn(CNc3ccc([N+](=O)[O-])cc3)c(=S)s2)cc1. The smallest absolute Gasteiger partial charge is 0.269 e. The number of non-ortho nitro benzene ring substituents is 2. The number of nitro benzene ring substituents is 2. The van der Waals surface area contributed by atoms with Gasteiger partial charge in [-0.2, -0.15) is 5.10 Å². The Morgan fingerprint density at radius 2 is 1.48 bits per heavy atom. The van der Waals surface area contributed by atoms with Crippen molar-refractivity contribution in [3.63, 3.8) is 0 Å². The molecule has 13 heteroatoms. The predicted octanol–water partition coefficient (Wildman–Crippen LogP) is 4.72. The molecular formula is C16H14N6O4S3. The van der Waals surface area contributed by atoms with Crippen LogP contribution in [0.15, 0.2) is 52.9 Å². The average molecular weight is 451 g/mol. The van der Waals surface area contributed by atoms with E-state index >= 15 is 0 Å². The molecule has 0 saturated heterocycles. The van der Waals surface area contributed by atoms with Gasteiger partial charge in [0.05, 0.1) is 15.7 Å². The van der Waals surface area contributed by atoms with Crippen LogP contribution in [-0.2, 0) is 6.67 Å². The second-order valence-electron chi connectivity index (χ2n) is 5.54. The quantitative estimate of drug-likeness (QED) is 0.156. The van der Waals surface area contributed by atoms with E-state index in [1.807, 2.05) is 0 Å². The second-order valence-corrected chi connectivity index (χ2v) is 8.39. The van der Waals surface area contributed by atoms with Crippen LogP contribution in [0.2, 0.25) is 0 Å². The molecule has 0 spiro atoms. The van der Waals surface area contributed by atoms with E-state index in [1.54, 1.807) is 28.9 Å². The number of benzene rings is 2. The lowest BCUT2D eigenvalue weighted by Crippen LogP contribution is -2.09. The number of nitrogens with one attached hydrogen (secondary N) is 2. The van der Waals surface area contributed by atoms with Gasteiger partial charge in [0.25, 0.3) is 11.4 Å². The Balaban J connectivity index is 1.51. The van der Waals surface area contributed by atoms with Gasteiger partial charge in [0.15, 0.2) is 8.29 Å². The molecule has 2 N–H and O–H groups in total. The van der Waals surface area contributed by atoms with Gasteiger partial charge in [0, 0.05) is 35.6 Å². The van der Waals surface area contributed by atoms with E-state index in [-0.39, 0.29) is 11.4 Å². The van der Waals surface area contributed by atoms with E-state index < -0.39 is 9.85 Å². The molecular weight excluding hydrogens is 436 g/mol. The van der Waals surface area contributed by atoms with Crippen LogP contribution < -0.4 is 10.6 Å². The fourth-order valence-corrected chi connectivity index (χ4v) is 4.36. The molecule has 2 aromatic carbocycles. The molecule has 3 aromatic rings. The van der Waals surface area contributed by atoms with Crippen LogP contribution in [0.4, 0.5) is 22.7 Å². The van der Waals surface area contributed by atoms with Crippen molar-refractivity contribution in [2.24, 2.45) is 0 Å². The van der Waals surface area contributed by atoms with Gasteiger partial charge in [-0.3, -0.25) is 20.2 Å². The molecule has 0 unspecified atom stereocenters. The zero-order chi connectivity index (χ0) is 20.8. The molecule has 1 heterocycles. The molecule has 1 aromatic heterocycles. The van der Waals surface area contributed by atoms with E-state index in [4.69, 9.17) is 12.2 Å². The number of rotatable bonds is 9. The molecule has 0 aliphatic carbocycles. The predicted molar refractivity (Wildman–Crippen MR) is 115 cm³/mol. The Kier molecular flexibility index (Phi) is 6.74. The zero-order valence-electron chi connectivity index (χ0n) is 14.7. The number of hydrogen-bond donors (Lipinski definition) is 2. The van der Waals surface area contributed by atoms with Gasteiger partial charge in [-0.25, -0.2) is 4.68 Å². The maximum atomic E-state index is 10.7. The van der Waals surface area contributed by atoms with Gasteiger partial charge in [-0.15, -0.1) is 0 Å². The molecule has 0 fully saturated rings. The summed E-state index contributed by atoms with van der Waals surface area (Å²) < 4.78 is 3.00. The number of anilines is 2. The Labute approximate surface area is 177 Å². The Bertz CT molecular complexity index is 1070. The van der Waals surface area contributed by atoms with Crippen molar-refractivity contribution in [1.29, 1.82) is 0 Å². The number of nitro groups is 2. The topological polar surface area (TPSA) is 128 Å². The molecule has 29 heavy (non-hydrogen) atoms. The normalized spacial score (nSPS) is 10.5. The first-order valence-corrected chi connectivity index (χ1v) is 10.3. The van der Waals surface area contributed by atoms with Crippen LogP contribution in [-0.4, -0.2) is 25.5 Å². The number of thioether (sulfide) groups is 1. The minimum Gasteiger partial charge on any atom is -0.376 e. The molecule has 0 radical (unpaired) electrons. The van der Waals surface area contributed by atoms with Crippen LogP contribution in [0.5, 0.6) is 0 Å². The summed E-state index contributed by atoms with van der Waals surface area (Å²) >= 11 is 8.15. The number of hydrogen-bond acceptors (Lipinski definition) is 10. The summed E-state index contributed by atoms with van der Waals surface area (Å²) in [4.78, 5) is 20.5. The Morgan fingerprint density at radius 3 is 2.00 bits per heavy atom. The lowest BCUT2D eigenvalue weighted by molar-refractivity contribution is -0.385. The zero-order valence-corrected chi connectivity index (χ0v) is 17.1. The highest BCUT2D eigenvalue weighted by molar-refractivity contribution is 8.01. The van der Waals surface area contributed by atoms with Gasteiger partial charge in [-0.05, 0) is 36.5 Å². The molecule has 0 aliphatic heterocycles. The van der Waals surface area contributed by atoms with Crippen LogP contribution in [0.3, 0.4) is 0 Å². The first kappa shape index (κ1) is 20.7. The first-order valence-electron chi connectivity index (χ1n) is 8.10. The molecule has 0 amide bonds. The van der Waals surface area contributed by atoms with Gasteiger partial charge in [0.2, 0.25) is 0 Å². The van der Waals surface area contributed by atoms with Crippen LogP contribution in [0.25, 0.3) is 0 Å². The summed E-state index contributed by atoms with van der Waals surface area (Å²) in [7, 11) is 0. The summed E-state index contributed by atoms with van der Waals surface area (Å²) in [5.74, 6) is 0.524. The van der Waals surface area contributed by atoms with Crippen LogP contribution in [0.1, 0.15) is 0 Å². The van der Waals surface area contributed by atoms with Crippen LogP contribution in [0, 0.1) is 24.2 Å². The van der Waals surface area contributed by atoms with Crippen molar-refractivity contribution in [2.45, 2.75) is 11.0 Å². The molecule has 0 aliphatic rings. The van der Waals surface area contributed by atoms with E-state index in [1.165, 1.54) is 47.4 Å². The fourth-order valence-electron chi connectivity index (χ4n) is 2.19. The maximum Gasteiger partial charge on any atom is 0.269 e. The summed E-state index contributed by atoms with van der Waals surface area (Å²) in [5, 5.41) is 32.0. The molecule has 0 atom stereocenters. The van der Waals surface area contributed by atoms with Crippen LogP contribution >= 0.6 is 35.3 Å².